The minimum absolute atomic E-state index is 0.0744. The molecule has 102 valence electrons. The first-order valence-corrected chi connectivity index (χ1v) is 6.89. The molecule has 0 aliphatic heterocycles. The number of hydrogen-bond acceptors (Lipinski definition) is 5. The molecule has 0 fully saturated rings. The summed E-state index contributed by atoms with van der Waals surface area (Å²) in [5, 5.41) is 0.856. The van der Waals surface area contributed by atoms with E-state index in [9.17, 15) is 4.79 Å². The number of benzene rings is 1. The minimum Gasteiger partial charge on any atom is -0.469 e. The van der Waals surface area contributed by atoms with Crippen LogP contribution in [0.1, 0.15) is 13.8 Å². The highest BCUT2D eigenvalue weighted by atomic mass is 32.2. The van der Waals surface area contributed by atoms with Gasteiger partial charge in [0.1, 0.15) is 0 Å². The quantitative estimate of drug-likeness (QED) is 0.510. The molecule has 2 unspecified atom stereocenters. The number of methoxy groups -OCH3 is 1. The number of fused-ring (bicyclic) bond motifs is 1. The average Bonchev–Trinajstić information content (AvgIpc) is 2.77. The number of ether oxygens (including phenoxy) is 1. The average molecular weight is 279 g/mol. The first-order chi connectivity index (χ1) is 9.01. The number of nitrogen functional groups attached to an aromatic ring is 1. The molecule has 2 atom stereocenters. The second kappa shape index (κ2) is 5.52. The van der Waals surface area contributed by atoms with Crippen LogP contribution in [0.15, 0.2) is 23.4 Å². The number of carbonyl (C=O) groups is 1. The van der Waals surface area contributed by atoms with E-state index in [4.69, 9.17) is 10.5 Å². The van der Waals surface area contributed by atoms with Crippen LogP contribution in [-0.2, 0) is 9.53 Å². The fourth-order valence-corrected chi connectivity index (χ4v) is 2.70. The van der Waals surface area contributed by atoms with Gasteiger partial charge < -0.3 is 15.5 Å². The Hall–Kier alpha value is -1.69. The second-order valence-electron chi connectivity index (χ2n) is 4.45. The lowest BCUT2D eigenvalue weighted by Gasteiger charge is -2.15. The summed E-state index contributed by atoms with van der Waals surface area (Å²) < 4.78 is 4.75. The van der Waals surface area contributed by atoms with Crippen molar-refractivity contribution < 1.29 is 9.53 Å². The standard InChI is InChI=1S/C13H17N3O2S/c1-7(12(17)18-3)8(2)19-13-15-10-5-4-9(14)6-11(10)16-13/h4-8H,14H2,1-3H3,(H,15,16). The maximum atomic E-state index is 11.5. The number of nitrogens with one attached hydrogen (secondary N) is 1. The van der Waals surface area contributed by atoms with E-state index in [1.807, 2.05) is 32.0 Å². The highest BCUT2D eigenvalue weighted by Crippen LogP contribution is 2.28. The van der Waals surface area contributed by atoms with Gasteiger partial charge in [0, 0.05) is 10.9 Å². The van der Waals surface area contributed by atoms with Crippen LogP contribution in [0, 0.1) is 5.92 Å². The van der Waals surface area contributed by atoms with Gasteiger partial charge in [-0.15, -0.1) is 0 Å². The maximum absolute atomic E-state index is 11.5. The van der Waals surface area contributed by atoms with Crippen molar-refractivity contribution in [3.63, 3.8) is 0 Å². The first kappa shape index (κ1) is 13.7. The van der Waals surface area contributed by atoms with Crippen molar-refractivity contribution in [3.05, 3.63) is 18.2 Å². The molecule has 0 spiro atoms. The molecule has 0 amide bonds. The lowest BCUT2D eigenvalue weighted by atomic mass is 10.1. The summed E-state index contributed by atoms with van der Waals surface area (Å²) in [6.45, 7) is 3.83. The Bertz CT molecular complexity index is 597. The van der Waals surface area contributed by atoms with Crippen molar-refractivity contribution in [2.24, 2.45) is 5.92 Å². The van der Waals surface area contributed by atoms with Crippen molar-refractivity contribution in [1.29, 1.82) is 0 Å². The predicted molar refractivity (Wildman–Crippen MR) is 77.0 cm³/mol. The fourth-order valence-electron chi connectivity index (χ4n) is 1.72. The van der Waals surface area contributed by atoms with Gasteiger partial charge in [0.15, 0.2) is 5.16 Å². The molecule has 1 heterocycles. The smallest absolute Gasteiger partial charge is 0.309 e. The number of carbonyl (C=O) groups excluding carboxylic acids is 1. The van der Waals surface area contributed by atoms with E-state index in [0.29, 0.717) is 5.69 Å². The number of nitrogens with two attached hydrogens (primary N) is 1. The molecule has 2 rings (SSSR count). The van der Waals surface area contributed by atoms with E-state index in [2.05, 4.69) is 9.97 Å². The minimum atomic E-state index is -0.208. The molecule has 19 heavy (non-hydrogen) atoms. The number of esters is 1. The SMILES string of the molecule is COC(=O)C(C)C(C)Sc1nc2ccc(N)cc2[nH]1. The van der Waals surface area contributed by atoms with Gasteiger partial charge in [0.25, 0.3) is 0 Å². The third-order valence-electron chi connectivity index (χ3n) is 3.06. The fraction of sp³-hybridized carbons (Fsp3) is 0.385. The van der Waals surface area contributed by atoms with E-state index in [1.54, 1.807) is 0 Å². The lowest BCUT2D eigenvalue weighted by Crippen LogP contribution is -2.22. The van der Waals surface area contributed by atoms with Gasteiger partial charge in [-0.1, -0.05) is 25.6 Å². The Labute approximate surface area is 115 Å². The largest absolute Gasteiger partial charge is 0.469 e. The van der Waals surface area contributed by atoms with E-state index >= 15 is 0 Å². The van der Waals surface area contributed by atoms with Crippen LogP contribution in [0.25, 0.3) is 11.0 Å². The second-order valence-corrected chi connectivity index (χ2v) is 5.82. The Kier molecular flexibility index (Phi) is 3.99. The summed E-state index contributed by atoms with van der Waals surface area (Å²) in [6.07, 6.45) is 0. The van der Waals surface area contributed by atoms with Crippen LogP contribution in [-0.4, -0.2) is 28.3 Å². The summed E-state index contributed by atoms with van der Waals surface area (Å²) >= 11 is 1.52. The molecule has 0 bridgehead atoms. The van der Waals surface area contributed by atoms with Crippen LogP contribution in [0.2, 0.25) is 0 Å². The summed E-state index contributed by atoms with van der Waals surface area (Å²) in [6, 6.07) is 5.54. The van der Waals surface area contributed by atoms with Gasteiger partial charge in [0.05, 0.1) is 24.1 Å². The highest BCUT2D eigenvalue weighted by molar-refractivity contribution is 7.99. The number of hydrogen-bond donors (Lipinski definition) is 2. The molecule has 1 aromatic heterocycles. The molecule has 6 heteroatoms. The maximum Gasteiger partial charge on any atom is 0.309 e. The zero-order chi connectivity index (χ0) is 14.0. The van der Waals surface area contributed by atoms with Gasteiger partial charge in [0.2, 0.25) is 0 Å². The molecule has 1 aromatic carbocycles. The molecule has 0 radical (unpaired) electrons. The van der Waals surface area contributed by atoms with E-state index in [1.165, 1.54) is 18.9 Å². The van der Waals surface area contributed by atoms with Crippen molar-refractivity contribution in [2.45, 2.75) is 24.3 Å². The molecule has 0 saturated carbocycles. The van der Waals surface area contributed by atoms with E-state index in [-0.39, 0.29) is 17.1 Å². The number of aromatic amines is 1. The molecule has 2 aromatic rings. The van der Waals surface area contributed by atoms with Crippen LogP contribution in [0.5, 0.6) is 0 Å². The Morgan fingerprint density at radius 2 is 2.21 bits per heavy atom. The van der Waals surface area contributed by atoms with Gasteiger partial charge in [-0.3, -0.25) is 4.79 Å². The molecule has 3 N–H and O–H groups in total. The van der Waals surface area contributed by atoms with Crippen molar-refractivity contribution in [3.8, 4) is 0 Å². The number of anilines is 1. The van der Waals surface area contributed by atoms with E-state index < -0.39 is 0 Å². The predicted octanol–water partition coefficient (Wildman–Crippen LogP) is 2.43. The molecule has 5 nitrogen and oxygen atoms in total. The van der Waals surface area contributed by atoms with Crippen LogP contribution >= 0.6 is 11.8 Å². The molecule has 0 aliphatic carbocycles. The lowest BCUT2D eigenvalue weighted by molar-refractivity contribution is -0.144. The number of rotatable bonds is 4. The van der Waals surface area contributed by atoms with Crippen LogP contribution in [0.3, 0.4) is 0 Å². The van der Waals surface area contributed by atoms with Gasteiger partial charge in [-0.25, -0.2) is 4.98 Å². The van der Waals surface area contributed by atoms with Crippen LogP contribution < -0.4 is 5.73 Å². The van der Waals surface area contributed by atoms with Crippen LogP contribution in [0.4, 0.5) is 5.69 Å². The third kappa shape index (κ3) is 3.01. The molecule has 0 aliphatic rings. The third-order valence-corrected chi connectivity index (χ3v) is 4.26. The first-order valence-electron chi connectivity index (χ1n) is 6.01. The number of thioether (sulfide) groups is 1. The molecular weight excluding hydrogens is 262 g/mol. The monoisotopic (exact) mass is 279 g/mol. The number of H-pyrrole nitrogens is 1. The Morgan fingerprint density at radius 3 is 2.89 bits per heavy atom. The molecular formula is C13H17N3O2S. The number of imidazole rings is 1. The summed E-state index contributed by atoms with van der Waals surface area (Å²) in [5.41, 5.74) is 8.20. The number of aromatic nitrogens is 2. The van der Waals surface area contributed by atoms with Gasteiger partial charge in [-0.05, 0) is 18.2 Å². The Morgan fingerprint density at radius 1 is 1.47 bits per heavy atom. The summed E-state index contributed by atoms with van der Waals surface area (Å²) in [5.74, 6) is -0.395. The number of nitrogens with zero attached hydrogens (tertiary/aromatic N) is 1. The zero-order valence-corrected chi connectivity index (χ0v) is 12.0. The summed E-state index contributed by atoms with van der Waals surface area (Å²) in [7, 11) is 1.40. The zero-order valence-electron chi connectivity index (χ0n) is 11.1. The van der Waals surface area contributed by atoms with Gasteiger partial charge in [-0.2, -0.15) is 0 Å². The van der Waals surface area contributed by atoms with Crippen molar-refractivity contribution in [2.75, 3.05) is 12.8 Å². The normalized spacial score (nSPS) is 14.3. The van der Waals surface area contributed by atoms with E-state index in [0.717, 1.165) is 16.2 Å². The highest BCUT2D eigenvalue weighted by Gasteiger charge is 2.22. The van der Waals surface area contributed by atoms with Crippen molar-refractivity contribution in [1.82, 2.24) is 9.97 Å². The summed E-state index contributed by atoms with van der Waals surface area (Å²) in [4.78, 5) is 19.1. The Balaban J connectivity index is 2.15. The van der Waals surface area contributed by atoms with Gasteiger partial charge >= 0.3 is 5.97 Å². The molecule has 0 saturated heterocycles. The topological polar surface area (TPSA) is 81.0 Å². The van der Waals surface area contributed by atoms with Crippen molar-refractivity contribution >= 4 is 34.5 Å².